The minimum Gasteiger partial charge on any atom is -0.494 e. The summed E-state index contributed by atoms with van der Waals surface area (Å²) in [4.78, 5) is 12.1. The Morgan fingerprint density at radius 2 is 2.16 bits per heavy atom. The third-order valence-electron chi connectivity index (χ3n) is 5.12. The van der Waals surface area contributed by atoms with E-state index in [0.29, 0.717) is 19.6 Å². The molecule has 25 heavy (non-hydrogen) atoms. The van der Waals surface area contributed by atoms with Crippen LogP contribution in [0.5, 0.6) is 5.75 Å². The molecule has 2 saturated heterocycles. The van der Waals surface area contributed by atoms with Gasteiger partial charge in [0.15, 0.2) is 0 Å². The lowest BCUT2D eigenvalue weighted by Crippen LogP contribution is -2.38. The van der Waals surface area contributed by atoms with Crippen LogP contribution in [-0.2, 0) is 20.7 Å². The topological polar surface area (TPSA) is 56.8 Å². The summed E-state index contributed by atoms with van der Waals surface area (Å²) in [6.07, 6.45) is 5.42. The normalized spacial score (nSPS) is 22.0. The summed E-state index contributed by atoms with van der Waals surface area (Å²) in [5.41, 5.74) is 1.13. The third kappa shape index (κ3) is 5.19. The molecule has 1 aromatic rings. The molecule has 0 saturated carbocycles. The molecule has 1 unspecified atom stereocenters. The zero-order valence-corrected chi connectivity index (χ0v) is 15.1. The Morgan fingerprint density at radius 3 is 2.96 bits per heavy atom. The fourth-order valence-electron chi connectivity index (χ4n) is 3.68. The monoisotopic (exact) mass is 347 g/mol. The van der Waals surface area contributed by atoms with Gasteiger partial charge in [0.1, 0.15) is 5.75 Å². The summed E-state index contributed by atoms with van der Waals surface area (Å²) in [5, 5.41) is 3.03. The van der Waals surface area contributed by atoms with Crippen molar-refractivity contribution in [2.75, 3.05) is 26.4 Å². The fourth-order valence-corrected chi connectivity index (χ4v) is 3.68. The van der Waals surface area contributed by atoms with E-state index in [2.05, 4.69) is 5.32 Å². The molecule has 5 nitrogen and oxygen atoms in total. The van der Waals surface area contributed by atoms with Crippen LogP contribution >= 0.6 is 0 Å². The first-order chi connectivity index (χ1) is 12.2. The Kier molecular flexibility index (Phi) is 6.32. The van der Waals surface area contributed by atoms with Crippen LogP contribution in [0, 0.1) is 0 Å². The highest BCUT2D eigenvalue weighted by atomic mass is 16.5. The molecule has 2 fully saturated rings. The number of rotatable bonds is 7. The summed E-state index contributed by atoms with van der Waals surface area (Å²) in [6, 6.07) is 7.95. The zero-order valence-electron chi connectivity index (χ0n) is 15.1. The van der Waals surface area contributed by atoms with Crippen LogP contribution < -0.4 is 10.1 Å². The quantitative estimate of drug-likeness (QED) is 0.824. The second-order valence-electron chi connectivity index (χ2n) is 6.96. The summed E-state index contributed by atoms with van der Waals surface area (Å²) in [5.74, 6) is 0.944. The number of hydrogen-bond acceptors (Lipinski definition) is 4. The second-order valence-corrected chi connectivity index (χ2v) is 6.96. The van der Waals surface area contributed by atoms with E-state index in [1.54, 1.807) is 0 Å². The van der Waals surface area contributed by atoms with Gasteiger partial charge in [0.05, 0.1) is 18.3 Å². The number of carbonyl (C=O) groups is 1. The molecular weight excluding hydrogens is 318 g/mol. The van der Waals surface area contributed by atoms with Gasteiger partial charge in [-0.05, 0) is 56.7 Å². The molecular formula is C20H29NO4. The molecule has 0 aromatic heterocycles. The minimum atomic E-state index is 0.00730. The first kappa shape index (κ1) is 18.2. The van der Waals surface area contributed by atoms with Gasteiger partial charge in [-0.2, -0.15) is 0 Å². The number of nitrogens with one attached hydrogen (secondary N) is 1. The Balaban J connectivity index is 1.38. The molecule has 0 bridgehead atoms. The predicted octanol–water partition coefficient (Wildman–Crippen LogP) is 2.86. The maximum Gasteiger partial charge on any atom is 0.220 e. The van der Waals surface area contributed by atoms with E-state index in [0.717, 1.165) is 56.6 Å². The fraction of sp³-hybridized carbons (Fsp3) is 0.650. The van der Waals surface area contributed by atoms with E-state index in [1.165, 1.54) is 0 Å². The van der Waals surface area contributed by atoms with Crippen LogP contribution in [0.15, 0.2) is 24.3 Å². The van der Waals surface area contributed by atoms with Crippen molar-refractivity contribution < 1.29 is 19.0 Å². The Hall–Kier alpha value is -1.59. The largest absolute Gasteiger partial charge is 0.494 e. The van der Waals surface area contributed by atoms with Gasteiger partial charge in [-0.3, -0.25) is 4.79 Å². The molecule has 1 spiro atoms. The average molecular weight is 347 g/mol. The van der Waals surface area contributed by atoms with E-state index in [9.17, 15) is 4.79 Å². The molecule has 1 aromatic carbocycles. The van der Waals surface area contributed by atoms with Crippen molar-refractivity contribution in [3.8, 4) is 5.75 Å². The van der Waals surface area contributed by atoms with Crippen LogP contribution in [-0.4, -0.2) is 44.0 Å². The van der Waals surface area contributed by atoms with Crippen molar-refractivity contribution >= 4 is 5.91 Å². The molecule has 0 radical (unpaired) electrons. The van der Waals surface area contributed by atoms with Crippen LogP contribution in [0.1, 0.15) is 44.6 Å². The SMILES string of the molecule is CCOc1cccc(CCC(=O)NCC2CCC3(CCOCC3)O2)c1. The molecule has 138 valence electrons. The van der Waals surface area contributed by atoms with Crippen molar-refractivity contribution in [3.63, 3.8) is 0 Å². The van der Waals surface area contributed by atoms with Gasteiger partial charge in [0.25, 0.3) is 0 Å². The molecule has 3 rings (SSSR count). The minimum absolute atomic E-state index is 0.00730. The van der Waals surface area contributed by atoms with E-state index >= 15 is 0 Å². The molecule has 2 aliphatic heterocycles. The lowest BCUT2D eigenvalue weighted by atomic mass is 9.91. The van der Waals surface area contributed by atoms with Gasteiger partial charge in [-0.25, -0.2) is 0 Å². The van der Waals surface area contributed by atoms with E-state index in [1.807, 2.05) is 31.2 Å². The van der Waals surface area contributed by atoms with Gasteiger partial charge < -0.3 is 19.5 Å². The predicted molar refractivity (Wildman–Crippen MR) is 95.8 cm³/mol. The molecule has 2 heterocycles. The maximum absolute atomic E-state index is 12.1. The lowest BCUT2D eigenvalue weighted by Gasteiger charge is -2.33. The van der Waals surface area contributed by atoms with Crippen molar-refractivity contribution in [1.82, 2.24) is 5.32 Å². The van der Waals surface area contributed by atoms with Gasteiger partial charge in [-0.15, -0.1) is 0 Å². The number of ether oxygens (including phenoxy) is 3. The summed E-state index contributed by atoms with van der Waals surface area (Å²) in [7, 11) is 0. The van der Waals surface area contributed by atoms with Crippen molar-refractivity contribution in [1.29, 1.82) is 0 Å². The van der Waals surface area contributed by atoms with E-state index in [-0.39, 0.29) is 17.6 Å². The molecule has 0 aliphatic carbocycles. The first-order valence-electron chi connectivity index (χ1n) is 9.43. The second kappa shape index (κ2) is 8.68. The van der Waals surface area contributed by atoms with Gasteiger partial charge in [0, 0.05) is 26.2 Å². The average Bonchev–Trinajstić information content (AvgIpc) is 3.02. The van der Waals surface area contributed by atoms with Crippen molar-refractivity contribution in [3.05, 3.63) is 29.8 Å². The third-order valence-corrected chi connectivity index (χ3v) is 5.12. The highest BCUT2D eigenvalue weighted by molar-refractivity contribution is 5.76. The van der Waals surface area contributed by atoms with Crippen LogP contribution in [0.25, 0.3) is 0 Å². The zero-order chi connectivity index (χ0) is 17.5. The standard InChI is InChI=1S/C20H29NO4/c1-2-24-17-5-3-4-16(14-17)6-7-19(22)21-15-18-8-9-20(25-18)10-12-23-13-11-20/h3-5,14,18H,2,6-13,15H2,1H3,(H,21,22). The Labute approximate surface area is 150 Å². The molecule has 1 amide bonds. The highest BCUT2D eigenvalue weighted by Gasteiger charge is 2.41. The molecule has 5 heteroatoms. The van der Waals surface area contributed by atoms with E-state index < -0.39 is 0 Å². The van der Waals surface area contributed by atoms with Gasteiger partial charge in [-0.1, -0.05) is 12.1 Å². The number of carbonyl (C=O) groups excluding carboxylic acids is 1. The van der Waals surface area contributed by atoms with Crippen LogP contribution in [0.4, 0.5) is 0 Å². The van der Waals surface area contributed by atoms with Crippen molar-refractivity contribution in [2.45, 2.75) is 57.2 Å². The van der Waals surface area contributed by atoms with Crippen LogP contribution in [0.3, 0.4) is 0 Å². The number of aryl methyl sites for hydroxylation is 1. The van der Waals surface area contributed by atoms with Gasteiger partial charge >= 0.3 is 0 Å². The highest BCUT2D eigenvalue weighted by Crippen LogP contribution is 2.37. The first-order valence-corrected chi connectivity index (χ1v) is 9.43. The lowest BCUT2D eigenvalue weighted by molar-refractivity contribution is -0.124. The summed E-state index contributed by atoms with van der Waals surface area (Å²) in [6.45, 7) is 4.81. The Bertz CT molecular complexity index is 569. The Morgan fingerprint density at radius 1 is 1.32 bits per heavy atom. The van der Waals surface area contributed by atoms with Crippen molar-refractivity contribution in [2.24, 2.45) is 0 Å². The maximum atomic E-state index is 12.1. The smallest absolute Gasteiger partial charge is 0.220 e. The number of hydrogen-bond donors (Lipinski definition) is 1. The molecule has 1 atom stereocenters. The number of benzene rings is 1. The molecule has 1 N–H and O–H groups in total. The summed E-state index contributed by atoms with van der Waals surface area (Å²) < 4.78 is 17.2. The number of amides is 1. The van der Waals surface area contributed by atoms with Crippen LogP contribution in [0.2, 0.25) is 0 Å². The van der Waals surface area contributed by atoms with Gasteiger partial charge in [0.2, 0.25) is 5.91 Å². The molecule has 2 aliphatic rings. The van der Waals surface area contributed by atoms with E-state index in [4.69, 9.17) is 14.2 Å². The summed E-state index contributed by atoms with van der Waals surface area (Å²) >= 11 is 0.